The Bertz CT molecular complexity index is 804. The number of anilines is 1. The lowest BCUT2D eigenvalue weighted by Gasteiger charge is -2.10. The first-order chi connectivity index (χ1) is 10.3. The summed E-state index contributed by atoms with van der Waals surface area (Å²) in [5.41, 5.74) is 0.984. The number of sulfonamides is 1. The largest absolute Gasteiger partial charge is 0.465 e. The molecule has 0 aliphatic rings. The first-order valence-electron chi connectivity index (χ1n) is 6.17. The predicted octanol–water partition coefficient (Wildman–Crippen LogP) is 2.63. The number of aryl methyl sites for hydroxylation is 1. The maximum Gasteiger partial charge on any atom is 0.337 e. The van der Waals surface area contributed by atoms with Gasteiger partial charge in [0.15, 0.2) is 0 Å². The molecule has 0 unspecified atom stereocenters. The van der Waals surface area contributed by atoms with E-state index in [1.54, 1.807) is 6.07 Å². The monoisotopic (exact) mass is 340 g/mol. The standard InChI is InChI=1S/C14H13ClN2O4S/c1-9-3-6-13(16-8-9)17-22(19,20)12-7-10(14(18)21-2)4-5-11(12)15/h3-8H,1-2H3,(H,16,17). The van der Waals surface area contributed by atoms with Gasteiger partial charge < -0.3 is 4.74 Å². The summed E-state index contributed by atoms with van der Waals surface area (Å²) in [5, 5.41) is -0.00716. The molecule has 1 aromatic heterocycles. The summed E-state index contributed by atoms with van der Waals surface area (Å²) in [6.07, 6.45) is 1.53. The Balaban J connectivity index is 2.40. The van der Waals surface area contributed by atoms with Gasteiger partial charge in [0.25, 0.3) is 10.0 Å². The molecule has 0 radical (unpaired) electrons. The van der Waals surface area contributed by atoms with Gasteiger partial charge in [-0.1, -0.05) is 17.7 Å². The number of nitrogens with one attached hydrogen (secondary N) is 1. The predicted molar refractivity (Wildman–Crippen MR) is 82.6 cm³/mol. The third-order valence-corrected chi connectivity index (χ3v) is 4.63. The summed E-state index contributed by atoms with van der Waals surface area (Å²) in [5.74, 6) is -0.494. The van der Waals surface area contributed by atoms with Gasteiger partial charge >= 0.3 is 5.97 Å². The first kappa shape index (κ1) is 16.3. The zero-order valence-electron chi connectivity index (χ0n) is 11.8. The number of nitrogens with zero attached hydrogens (tertiary/aromatic N) is 1. The minimum Gasteiger partial charge on any atom is -0.465 e. The molecule has 116 valence electrons. The number of ether oxygens (including phenoxy) is 1. The van der Waals surface area contributed by atoms with Crippen molar-refractivity contribution < 1.29 is 17.9 Å². The van der Waals surface area contributed by atoms with Crippen LogP contribution in [0.5, 0.6) is 0 Å². The van der Waals surface area contributed by atoms with Gasteiger partial charge in [0, 0.05) is 6.20 Å². The molecule has 22 heavy (non-hydrogen) atoms. The second-order valence-electron chi connectivity index (χ2n) is 4.46. The number of carbonyl (C=O) groups is 1. The molecule has 1 aromatic carbocycles. The number of carbonyl (C=O) groups excluding carboxylic acids is 1. The average molecular weight is 341 g/mol. The van der Waals surface area contributed by atoms with Crippen LogP contribution in [0.4, 0.5) is 5.82 Å². The molecule has 8 heteroatoms. The van der Waals surface area contributed by atoms with E-state index in [0.717, 1.165) is 11.6 Å². The van der Waals surface area contributed by atoms with E-state index in [2.05, 4.69) is 14.4 Å². The van der Waals surface area contributed by atoms with Crippen LogP contribution in [0.15, 0.2) is 41.4 Å². The highest BCUT2D eigenvalue weighted by Crippen LogP contribution is 2.25. The van der Waals surface area contributed by atoms with Crippen molar-refractivity contribution in [1.82, 2.24) is 4.98 Å². The van der Waals surface area contributed by atoms with Crippen LogP contribution in [-0.4, -0.2) is 26.5 Å². The summed E-state index contributed by atoms with van der Waals surface area (Å²) >= 11 is 5.93. The smallest absolute Gasteiger partial charge is 0.337 e. The van der Waals surface area contributed by atoms with Crippen LogP contribution in [0.1, 0.15) is 15.9 Å². The van der Waals surface area contributed by atoms with Crippen LogP contribution in [0.3, 0.4) is 0 Å². The number of hydrogen-bond donors (Lipinski definition) is 1. The molecule has 6 nitrogen and oxygen atoms in total. The van der Waals surface area contributed by atoms with Crippen molar-refractivity contribution in [1.29, 1.82) is 0 Å². The lowest BCUT2D eigenvalue weighted by Crippen LogP contribution is -2.15. The number of aromatic nitrogens is 1. The van der Waals surface area contributed by atoms with E-state index in [1.807, 2.05) is 6.92 Å². The van der Waals surface area contributed by atoms with E-state index >= 15 is 0 Å². The van der Waals surface area contributed by atoms with E-state index in [9.17, 15) is 13.2 Å². The summed E-state index contributed by atoms with van der Waals surface area (Å²) in [7, 11) is -2.77. The van der Waals surface area contributed by atoms with E-state index in [1.165, 1.54) is 31.5 Å². The Kier molecular flexibility index (Phi) is 4.68. The van der Waals surface area contributed by atoms with Gasteiger partial charge in [-0.05, 0) is 36.8 Å². The van der Waals surface area contributed by atoms with Crippen molar-refractivity contribution in [2.45, 2.75) is 11.8 Å². The van der Waals surface area contributed by atoms with Crippen LogP contribution in [0.2, 0.25) is 5.02 Å². The molecule has 0 saturated carbocycles. The lowest BCUT2D eigenvalue weighted by atomic mass is 10.2. The molecule has 1 heterocycles. The van der Waals surface area contributed by atoms with Gasteiger partial charge in [-0.3, -0.25) is 4.72 Å². The normalized spacial score (nSPS) is 11.0. The van der Waals surface area contributed by atoms with Crippen molar-refractivity contribution in [3.63, 3.8) is 0 Å². The summed E-state index contributed by atoms with van der Waals surface area (Å²) in [6, 6.07) is 7.12. The zero-order chi connectivity index (χ0) is 16.3. The fourth-order valence-corrected chi connectivity index (χ4v) is 3.21. The Hall–Kier alpha value is -2.12. The summed E-state index contributed by atoms with van der Waals surface area (Å²) in [6.45, 7) is 1.84. The van der Waals surface area contributed by atoms with E-state index < -0.39 is 16.0 Å². The molecule has 0 amide bonds. The summed E-state index contributed by atoms with van der Waals surface area (Å²) in [4.78, 5) is 15.3. The van der Waals surface area contributed by atoms with E-state index in [0.29, 0.717) is 0 Å². The Labute approximate surface area is 133 Å². The highest BCUT2D eigenvalue weighted by Gasteiger charge is 2.21. The van der Waals surface area contributed by atoms with Crippen LogP contribution in [0, 0.1) is 6.92 Å². The molecule has 0 fully saturated rings. The molecule has 2 aromatic rings. The van der Waals surface area contributed by atoms with Crippen molar-refractivity contribution in [3.8, 4) is 0 Å². The highest BCUT2D eigenvalue weighted by atomic mass is 35.5. The maximum atomic E-state index is 12.4. The van der Waals surface area contributed by atoms with Gasteiger partial charge in [-0.25, -0.2) is 18.2 Å². The number of halogens is 1. The number of esters is 1. The van der Waals surface area contributed by atoms with Gasteiger partial charge in [-0.15, -0.1) is 0 Å². The molecule has 1 N–H and O–H groups in total. The highest BCUT2D eigenvalue weighted by molar-refractivity contribution is 7.92. The van der Waals surface area contributed by atoms with E-state index in [4.69, 9.17) is 11.6 Å². The number of hydrogen-bond acceptors (Lipinski definition) is 5. The van der Waals surface area contributed by atoms with Crippen LogP contribution >= 0.6 is 11.6 Å². The summed E-state index contributed by atoms with van der Waals surface area (Å²) < 4.78 is 31.6. The Morgan fingerprint density at radius 2 is 2.00 bits per heavy atom. The minimum absolute atomic E-state index is 0.00716. The molecule has 0 aliphatic carbocycles. The van der Waals surface area contributed by atoms with Crippen LogP contribution in [0.25, 0.3) is 0 Å². The van der Waals surface area contributed by atoms with Crippen LogP contribution < -0.4 is 4.72 Å². The number of methoxy groups -OCH3 is 1. The average Bonchev–Trinajstić information content (AvgIpc) is 2.49. The second-order valence-corrected chi connectivity index (χ2v) is 6.52. The molecular formula is C14H13ClN2O4S. The fraction of sp³-hybridized carbons (Fsp3) is 0.143. The van der Waals surface area contributed by atoms with Gasteiger partial charge in [0.2, 0.25) is 0 Å². The van der Waals surface area contributed by atoms with Gasteiger partial charge in [0.1, 0.15) is 10.7 Å². The molecule has 2 rings (SSSR count). The third kappa shape index (κ3) is 3.55. The quantitative estimate of drug-likeness (QED) is 0.865. The van der Waals surface area contributed by atoms with Crippen LogP contribution in [-0.2, 0) is 14.8 Å². The van der Waals surface area contributed by atoms with Crippen molar-refractivity contribution in [2.24, 2.45) is 0 Å². The zero-order valence-corrected chi connectivity index (χ0v) is 13.4. The second kappa shape index (κ2) is 6.33. The molecule has 0 bridgehead atoms. The molecule has 0 aliphatic heterocycles. The SMILES string of the molecule is COC(=O)c1ccc(Cl)c(S(=O)(=O)Nc2ccc(C)cn2)c1. The van der Waals surface area contributed by atoms with Crippen molar-refractivity contribution in [3.05, 3.63) is 52.7 Å². The molecular weight excluding hydrogens is 328 g/mol. The Morgan fingerprint density at radius 1 is 1.27 bits per heavy atom. The molecule has 0 saturated heterocycles. The molecule has 0 spiro atoms. The van der Waals surface area contributed by atoms with Crippen molar-refractivity contribution in [2.75, 3.05) is 11.8 Å². The first-order valence-corrected chi connectivity index (χ1v) is 8.03. The minimum atomic E-state index is -3.97. The fourth-order valence-electron chi connectivity index (χ4n) is 1.67. The topological polar surface area (TPSA) is 85.4 Å². The lowest BCUT2D eigenvalue weighted by molar-refractivity contribution is 0.0600. The van der Waals surface area contributed by atoms with E-state index in [-0.39, 0.29) is 21.3 Å². The van der Waals surface area contributed by atoms with Gasteiger partial charge in [-0.2, -0.15) is 0 Å². The molecule has 0 atom stereocenters. The van der Waals surface area contributed by atoms with Crippen molar-refractivity contribution >= 4 is 33.4 Å². The Morgan fingerprint density at radius 3 is 2.59 bits per heavy atom. The number of rotatable bonds is 4. The maximum absolute atomic E-state index is 12.4. The van der Waals surface area contributed by atoms with Gasteiger partial charge in [0.05, 0.1) is 17.7 Å². The number of pyridine rings is 1. The number of benzene rings is 1. The third-order valence-electron chi connectivity index (χ3n) is 2.79.